The van der Waals surface area contributed by atoms with Crippen LogP contribution in [0.1, 0.15) is 43.0 Å². The number of rotatable bonds is 10. The van der Waals surface area contributed by atoms with E-state index >= 15 is 0 Å². The summed E-state index contributed by atoms with van der Waals surface area (Å²) in [5, 5.41) is 14.1. The van der Waals surface area contributed by atoms with Gasteiger partial charge in [-0.2, -0.15) is 0 Å². The largest absolute Gasteiger partial charge is 0.493 e. The second kappa shape index (κ2) is 9.59. The number of amides is 1. The van der Waals surface area contributed by atoms with E-state index in [0.29, 0.717) is 6.54 Å². The van der Waals surface area contributed by atoms with Gasteiger partial charge >= 0.3 is 5.69 Å². The van der Waals surface area contributed by atoms with Crippen LogP contribution in [0.4, 0.5) is 5.69 Å². The van der Waals surface area contributed by atoms with E-state index in [-0.39, 0.29) is 22.8 Å². The molecule has 0 saturated heterocycles. The Morgan fingerprint density at radius 3 is 2.29 bits per heavy atom. The van der Waals surface area contributed by atoms with E-state index in [2.05, 4.69) is 12.2 Å². The van der Waals surface area contributed by atoms with Gasteiger partial charge in [0.2, 0.25) is 11.5 Å². The van der Waals surface area contributed by atoms with Gasteiger partial charge in [-0.05, 0) is 6.42 Å². The van der Waals surface area contributed by atoms with Gasteiger partial charge in [-0.15, -0.1) is 0 Å². The normalized spacial score (nSPS) is 10.2. The average molecular weight is 340 g/mol. The molecule has 24 heavy (non-hydrogen) atoms. The van der Waals surface area contributed by atoms with E-state index in [1.165, 1.54) is 27.4 Å². The fourth-order valence-corrected chi connectivity index (χ4v) is 2.34. The summed E-state index contributed by atoms with van der Waals surface area (Å²) in [4.78, 5) is 23.1. The smallest absolute Gasteiger partial charge is 0.327 e. The summed E-state index contributed by atoms with van der Waals surface area (Å²) in [6.07, 6.45) is 3.98. The molecule has 1 N–H and O–H groups in total. The van der Waals surface area contributed by atoms with E-state index in [1.807, 2.05) is 0 Å². The molecule has 134 valence electrons. The van der Waals surface area contributed by atoms with Gasteiger partial charge in [0, 0.05) is 12.6 Å². The average Bonchev–Trinajstić information content (AvgIpc) is 2.58. The van der Waals surface area contributed by atoms with Crippen LogP contribution in [-0.4, -0.2) is 38.7 Å². The van der Waals surface area contributed by atoms with Gasteiger partial charge in [0.05, 0.1) is 26.3 Å². The standard InChI is InChI=1S/C16H24N2O6/c1-5-6-7-8-9-17-16(19)11-10-12(22-2)14(23-3)15(24-4)13(11)18(20)21/h10H,5-9H2,1-4H3,(H,17,19). The fraction of sp³-hybridized carbons (Fsp3) is 0.562. The maximum atomic E-state index is 12.4. The van der Waals surface area contributed by atoms with Crippen LogP contribution in [0.5, 0.6) is 17.2 Å². The molecular formula is C16H24N2O6. The summed E-state index contributed by atoms with van der Waals surface area (Å²) in [5.74, 6) is -0.419. The summed E-state index contributed by atoms with van der Waals surface area (Å²) >= 11 is 0. The van der Waals surface area contributed by atoms with Crippen LogP contribution in [-0.2, 0) is 0 Å². The zero-order valence-electron chi connectivity index (χ0n) is 14.5. The van der Waals surface area contributed by atoms with Crippen LogP contribution in [0.15, 0.2) is 6.07 Å². The van der Waals surface area contributed by atoms with Crippen molar-refractivity contribution in [1.82, 2.24) is 5.32 Å². The molecule has 0 bridgehead atoms. The van der Waals surface area contributed by atoms with Crippen molar-refractivity contribution in [2.75, 3.05) is 27.9 Å². The Kier molecular flexibility index (Phi) is 7.81. The maximum absolute atomic E-state index is 12.4. The first-order valence-corrected chi connectivity index (χ1v) is 7.77. The molecule has 0 atom stereocenters. The number of carbonyl (C=O) groups is 1. The van der Waals surface area contributed by atoms with Gasteiger partial charge < -0.3 is 19.5 Å². The van der Waals surface area contributed by atoms with Crippen molar-refractivity contribution in [3.05, 3.63) is 21.7 Å². The molecule has 0 heterocycles. The van der Waals surface area contributed by atoms with E-state index < -0.39 is 16.5 Å². The number of nitrogens with one attached hydrogen (secondary N) is 1. The highest BCUT2D eigenvalue weighted by atomic mass is 16.6. The third-order valence-corrected chi connectivity index (χ3v) is 3.55. The zero-order chi connectivity index (χ0) is 18.1. The fourth-order valence-electron chi connectivity index (χ4n) is 2.34. The Balaban J connectivity index is 3.16. The zero-order valence-corrected chi connectivity index (χ0v) is 14.5. The van der Waals surface area contributed by atoms with Crippen molar-refractivity contribution < 1.29 is 23.9 Å². The minimum absolute atomic E-state index is 0.0752. The van der Waals surface area contributed by atoms with Crippen molar-refractivity contribution in [2.45, 2.75) is 32.6 Å². The lowest BCUT2D eigenvalue weighted by atomic mass is 10.1. The lowest BCUT2D eigenvalue weighted by Crippen LogP contribution is -2.25. The topological polar surface area (TPSA) is 99.9 Å². The van der Waals surface area contributed by atoms with Crippen molar-refractivity contribution in [3.63, 3.8) is 0 Å². The molecule has 8 heteroatoms. The predicted octanol–water partition coefficient (Wildman–Crippen LogP) is 2.93. The number of methoxy groups -OCH3 is 3. The van der Waals surface area contributed by atoms with Crippen molar-refractivity contribution in [1.29, 1.82) is 0 Å². The first-order valence-electron chi connectivity index (χ1n) is 7.77. The van der Waals surface area contributed by atoms with Gasteiger partial charge in [0.25, 0.3) is 5.91 Å². The number of hydrogen-bond acceptors (Lipinski definition) is 6. The van der Waals surface area contributed by atoms with Crippen molar-refractivity contribution in [2.24, 2.45) is 0 Å². The summed E-state index contributed by atoms with van der Waals surface area (Å²) < 4.78 is 15.4. The number of nitro benzene ring substituents is 1. The van der Waals surface area contributed by atoms with E-state index in [0.717, 1.165) is 25.7 Å². The Morgan fingerprint density at radius 2 is 1.79 bits per heavy atom. The second-order valence-electron chi connectivity index (χ2n) is 5.12. The molecule has 0 saturated carbocycles. The highest BCUT2D eigenvalue weighted by Gasteiger charge is 2.32. The Labute approximate surface area is 141 Å². The third-order valence-electron chi connectivity index (χ3n) is 3.55. The van der Waals surface area contributed by atoms with Crippen molar-refractivity contribution in [3.8, 4) is 17.2 Å². The van der Waals surface area contributed by atoms with Crippen LogP contribution in [0.2, 0.25) is 0 Å². The van der Waals surface area contributed by atoms with Crippen LogP contribution in [0.3, 0.4) is 0 Å². The van der Waals surface area contributed by atoms with Crippen molar-refractivity contribution >= 4 is 11.6 Å². The molecule has 0 aliphatic heterocycles. The molecule has 0 aliphatic carbocycles. The lowest BCUT2D eigenvalue weighted by Gasteiger charge is -2.14. The molecule has 0 radical (unpaired) electrons. The van der Waals surface area contributed by atoms with Crippen LogP contribution >= 0.6 is 0 Å². The number of unbranched alkanes of at least 4 members (excludes halogenated alkanes) is 3. The number of nitrogens with zero attached hydrogens (tertiary/aromatic N) is 1. The predicted molar refractivity (Wildman–Crippen MR) is 89.2 cm³/mol. The number of carbonyl (C=O) groups excluding carboxylic acids is 1. The quantitative estimate of drug-likeness (QED) is 0.399. The minimum Gasteiger partial charge on any atom is -0.493 e. The molecule has 0 fully saturated rings. The van der Waals surface area contributed by atoms with Gasteiger partial charge in [-0.25, -0.2) is 0 Å². The highest BCUT2D eigenvalue weighted by Crippen LogP contribution is 2.46. The van der Waals surface area contributed by atoms with Gasteiger partial charge in [0.1, 0.15) is 5.56 Å². The molecule has 1 aromatic carbocycles. The first-order chi connectivity index (χ1) is 11.5. The van der Waals surface area contributed by atoms with E-state index in [9.17, 15) is 14.9 Å². The first kappa shape index (κ1) is 19.5. The summed E-state index contributed by atoms with van der Waals surface area (Å²) in [7, 11) is 4.00. The molecule has 0 spiro atoms. The van der Waals surface area contributed by atoms with Gasteiger partial charge in [0.15, 0.2) is 5.75 Å². The van der Waals surface area contributed by atoms with Gasteiger partial charge in [-0.1, -0.05) is 26.2 Å². The van der Waals surface area contributed by atoms with E-state index in [1.54, 1.807) is 0 Å². The Morgan fingerprint density at radius 1 is 1.12 bits per heavy atom. The molecule has 0 aromatic heterocycles. The number of hydrogen-bond donors (Lipinski definition) is 1. The third kappa shape index (κ3) is 4.50. The minimum atomic E-state index is -0.660. The number of benzene rings is 1. The Hall–Kier alpha value is -2.51. The molecular weight excluding hydrogens is 316 g/mol. The molecule has 1 aromatic rings. The van der Waals surface area contributed by atoms with Crippen LogP contribution in [0.25, 0.3) is 0 Å². The molecule has 1 rings (SSSR count). The van der Waals surface area contributed by atoms with Crippen LogP contribution in [0, 0.1) is 10.1 Å². The number of nitro groups is 1. The second-order valence-corrected chi connectivity index (χ2v) is 5.12. The summed E-state index contributed by atoms with van der Waals surface area (Å²) in [6, 6.07) is 1.29. The highest BCUT2D eigenvalue weighted by molar-refractivity contribution is 6.00. The SMILES string of the molecule is CCCCCCNC(=O)c1cc(OC)c(OC)c(OC)c1[N+](=O)[O-]. The molecule has 0 unspecified atom stereocenters. The van der Waals surface area contributed by atoms with Crippen LogP contribution < -0.4 is 19.5 Å². The summed E-state index contributed by atoms with van der Waals surface area (Å²) in [6.45, 7) is 2.55. The van der Waals surface area contributed by atoms with E-state index in [4.69, 9.17) is 14.2 Å². The molecule has 8 nitrogen and oxygen atoms in total. The monoisotopic (exact) mass is 340 g/mol. The maximum Gasteiger partial charge on any atom is 0.327 e. The Bertz CT molecular complexity index is 588. The van der Waals surface area contributed by atoms with Gasteiger partial charge in [-0.3, -0.25) is 14.9 Å². The molecule has 0 aliphatic rings. The molecule has 1 amide bonds. The summed E-state index contributed by atoms with van der Waals surface area (Å²) in [5.41, 5.74) is -0.564. The lowest BCUT2D eigenvalue weighted by molar-refractivity contribution is -0.386. The number of ether oxygens (including phenoxy) is 3.